The molecule has 4 aliphatic carbocycles. The Hall–Kier alpha value is -1.47. The summed E-state index contributed by atoms with van der Waals surface area (Å²) in [5, 5.41) is 3.44. The largest absolute Gasteiger partial charge is 0.350 e. The molecule has 7 heteroatoms. The van der Waals surface area contributed by atoms with Crippen LogP contribution in [0.5, 0.6) is 0 Å². The van der Waals surface area contributed by atoms with Gasteiger partial charge < -0.3 is 5.32 Å². The molecule has 0 aromatic heterocycles. The molecule has 4 saturated carbocycles. The van der Waals surface area contributed by atoms with E-state index in [1.54, 1.807) is 12.1 Å². The minimum absolute atomic E-state index is 0.000119. The van der Waals surface area contributed by atoms with Gasteiger partial charge in [0.2, 0.25) is 15.9 Å². The zero-order chi connectivity index (χ0) is 20.9. The second-order valence-electron chi connectivity index (χ2n) is 10.2. The number of piperidine rings is 1. The monoisotopic (exact) mass is 434 g/mol. The van der Waals surface area contributed by atoms with E-state index in [1.165, 1.54) is 35.7 Å². The molecule has 1 saturated heterocycles. The van der Waals surface area contributed by atoms with Gasteiger partial charge in [0.05, 0.1) is 5.75 Å². The fraction of sp³-hybridized carbons (Fsp3) is 0.696. The van der Waals surface area contributed by atoms with Crippen molar-refractivity contribution < 1.29 is 17.6 Å². The summed E-state index contributed by atoms with van der Waals surface area (Å²) in [5.41, 5.74) is 0.194. The number of halogens is 1. The van der Waals surface area contributed by atoms with E-state index in [-0.39, 0.29) is 28.7 Å². The minimum atomic E-state index is -3.59. The van der Waals surface area contributed by atoms with Crippen LogP contribution < -0.4 is 5.32 Å². The van der Waals surface area contributed by atoms with Crippen molar-refractivity contribution in [1.82, 2.24) is 9.62 Å². The number of nitrogens with zero attached hydrogens (tertiary/aromatic N) is 1. The summed E-state index contributed by atoms with van der Waals surface area (Å²) < 4.78 is 40.8. The van der Waals surface area contributed by atoms with Gasteiger partial charge in [-0.15, -0.1) is 0 Å². The van der Waals surface area contributed by atoms with Crippen molar-refractivity contribution >= 4 is 15.9 Å². The van der Waals surface area contributed by atoms with Crippen LogP contribution in [0.4, 0.5) is 4.39 Å². The smallest absolute Gasteiger partial charge is 0.223 e. The number of hydrogen-bond acceptors (Lipinski definition) is 3. The predicted octanol–water partition coefficient (Wildman–Crippen LogP) is 3.45. The summed E-state index contributed by atoms with van der Waals surface area (Å²) in [7, 11) is -3.59. The van der Waals surface area contributed by atoms with Gasteiger partial charge in [0.1, 0.15) is 5.82 Å². The number of carbonyl (C=O) groups excluding carboxylic acids is 1. The topological polar surface area (TPSA) is 66.5 Å². The van der Waals surface area contributed by atoms with Crippen molar-refractivity contribution in [2.24, 2.45) is 23.7 Å². The van der Waals surface area contributed by atoms with Crippen LogP contribution in [-0.4, -0.2) is 37.3 Å². The van der Waals surface area contributed by atoms with Crippen molar-refractivity contribution in [3.05, 3.63) is 35.6 Å². The summed E-state index contributed by atoms with van der Waals surface area (Å²) in [6, 6.07) is 6.00. The molecule has 5 nitrogen and oxygen atoms in total. The molecule has 1 amide bonds. The summed E-state index contributed by atoms with van der Waals surface area (Å²) >= 11 is 0. The number of hydrogen-bond donors (Lipinski definition) is 1. The Morgan fingerprint density at radius 1 is 1.03 bits per heavy atom. The Labute approximate surface area is 178 Å². The van der Waals surface area contributed by atoms with Gasteiger partial charge >= 0.3 is 0 Å². The number of nitrogens with one attached hydrogen (secondary N) is 1. The van der Waals surface area contributed by atoms with Gasteiger partial charge in [-0.05, 0) is 75.2 Å². The second-order valence-corrected chi connectivity index (χ2v) is 12.2. The molecule has 0 atom stereocenters. The highest BCUT2D eigenvalue weighted by Gasteiger charge is 2.52. The molecule has 1 N–H and O–H groups in total. The van der Waals surface area contributed by atoms with Crippen molar-refractivity contribution in [2.45, 2.75) is 62.7 Å². The molecule has 0 unspecified atom stereocenters. The first-order valence-electron chi connectivity index (χ1n) is 11.4. The molecule has 30 heavy (non-hydrogen) atoms. The Balaban J connectivity index is 1.18. The fourth-order valence-electron chi connectivity index (χ4n) is 6.93. The zero-order valence-electron chi connectivity index (χ0n) is 17.4. The van der Waals surface area contributed by atoms with Crippen LogP contribution in [0, 0.1) is 29.5 Å². The Kier molecular flexibility index (Phi) is 5.17. The molecule has 0 radical (unpaired) electrons. The summed E-state index contributed by atoms with van der Waals surface area (Å²) in [4.78, 5) is 13.0. The summed E-state index contributed by atoms with van der Waals surface area (Å²) in [5.74, 6) is 1.50. The molecule has 1 aromatic rings. The van der Waals surface area contributed by atoms with Crippen LogP contribution in [0.25, 0.3) is 0 Å². The van der Waals surface area contributed by atoms with E-state index in [1.807, 2.05) is 0 Å². The average Bonchev–Trinajstić information content (AvgIpc) is 2.68. The van der Waals surface area contributed by atoms with E-state index >= 15 is 0 Å². The molecular formula is C23H31FN2O3S. The first-order chi connectivity index (χ1) is 14.3. The van der Waals surface area contributed by atoms with E-state index in [2.05, 4.69) is 5.32 Å². The Bertz CT molecular complexity index is 889. The highest BCUT2D eigenvalue weighted by molar-refractivity contribution is 7.88. The van der Waals surface area contributed by atoms with Crippen LogP contribution in [0.3, 0.4) is 0 Å². The summed E-state index contributed by atoms with van der Waals surface area (Å²) in [6.07, 6.45) is 8.47. The first kappa shape index (κ1) is 20.4. The van der Waals surface area contributed by atoms with Crippen LogP contribution >= 0.6 is 0 Å². The minimum Gasteiger partial charge on any atom is -0.350 e. The molecule has 6 rings (SSSR count). The second kappa shape index (κ2) is 7.59. The third-order valence-electron chi connectivity index (χ3n) is 7.94. The highest BCUT2D eigenvalue weighted by Crippen LogP contribution is 2.55. The zero-order valence-corrected chi connectivity index (χ0v) is 18.2. The van der Waals surface area contributed by atoms with Crippen LogP contribution in [0.2, 0.25) is 0 Å². The standard InChI is InChI=1S/C23H31FN2O3S/c24-21-4-2-1-3-20(21)15-30(28,29)26-7-5-19(6-8-26)22(27)25-23-12-16-9-17(13-23)11-18(10-16)14-23/h1-4,16-19H,5-15H2,(H,25,27). The molecular weight excluding hydrogens is 403 g/mol. The maximum absolute atomic E-state index is 13.9. The van der Waals surface area contributed by atoms with E-state index in [0.717, 1.165) is 37.0 Å². The number of carbonyl (C=O) groups is 1. The third kappa shape index (κ3) is 3.91. The molecule has 0 spiro atoms. The maximum Gasteiger partial charge on any atom is 0.223 e. The molecule has 1 aliphatic heterocycles. The van der Waals surface area contributed by atoms with Gasteiger partial charge in [0.15, 0.2) is 0 Å². The van der Waals surface area contributed by atoms with E-state index in [0.29, 0.717) is 25.9 Å². The van der Waals surface area contributed by atoms with Crippen molar-refractivity contribution in [3.63, 3.8) is 0 Å². The van der Waals surface area contributed by atoms with Gasteiger partial charge in [-0.25, -0.2) is 17.1 Å². The number of rotatable bonds is 5. The highest BCUT2D eigenvalue weighted by atomic mass is 32.2. The lowest BCUT2D eigenvalue weighted by Gasteiger charge is -2.57. The Morgan fingerprint density at radius 2 is 1.60 bits per heavy atom. The van der Waals surface area contributed by atoms with Crippen LogP contribution in [0.15, 0.2) is 24.3 Å². The van der Waals surface area contributed by atoms with Crippen LogP contribution in [-0.2, 0) is 20.6 Å². The van der Waals surface area contributed by atoms with Gasteiger partial charge in [-0.1, -0.05) is 18.2 Å². The van der Waals surface area contributed by atoms with E-state index in [9.17, 15) is 17.6 Å². The number of amides is 1. The normalized spacial score (nSPS) is 34.2. The van der Waals surface area contributed by atoms with Crippen LogP contribution in [0.1, 0.15) is 56.9 Å². The molecule has 1 heterocycles. The molecule has 5 aliphatic rings. The summed E-state index contributed by atoms with van der Waals surface area (Å²) in [6.45, 7) is 0.658. The SMILES string of the molecule is O=C(NC12CC3CC(CC(C3)C1)C2)C1CCN(S(=O)(=O)Cc2ccccc2F)CC1. The fourth-order valence-corrected chi connectivity index (χ4v) is 8.50. The third-order valence-corrected chi connectivity index (χ3v) is 9.77. The van der Waals surface area contributed by atoms with Gasteiger partial charge in [0, 0.05) is 30.1 Å². The molecule has 1 aromatic carbocycles. The number of benzene rings is 1. The van der Waals surface area contributed by atoms with Crippen molar-refractivity contribution in [1.29, 1.82) is 0 Å². The van der Waals surface area contributed by atoms with Gasteiger partial charge in [-0.3, -0.25) is 4.79 Å². The lowest BCUT2D eigenvalue weighted by Crippen LogP contribution is -2.61. The first-order valence-corrected chi connectivity index (χ1v) is 13.0. The average molecular weight is 435 g/mol. The van der Waals surface area contributed by atoms with Crippen molar-refractivity contribution in [3.8, 4) is 0 Å². The molecule has 4 bridgehead atoms. The Morgan fingerprint density at radius 3 is 2.17 bits per heavy atom. The van der Waals surface area contributed by atoms with E-state index < -0.39 is 15.8 Å². The van der Waals surface area contributed by atoms with Gasteiger partial charge in [-0.2, -0.15) is 0 Å². The molecule has 5 fully saturated rings. The lowest BCUT2D eigenvalue weighted by atomic mass is 9.53. The maximum atomic E-state index is 13.9. The van der Waals surface area contributed by atoms with Crippen molar-refractivity contribution in [2.75, 3.05) is 13.1 Å². The number of sulfonamides is 1. The van der Waals surface area contributed by atoms with E-state index in [4.69, 9.17) is 0 Å². The predicted molar refractivity (Wildman–Crippen MR) is 112 cm³/mol. The quantitative estimate of drug-likeness (QED) is 0.772. The lowest BCUT2D eigenvalue weighted by molar-refractivity contribution is -0.132. The molecule has 164 valence electrons. The van der Waals surface area contributed by atoms with Gasteiger partial charge in [0.25, 0.3) is 0 Å².